The molecule has 1 atom stereocenters. The number of aromatic hydroxyl groups is 1. The first kappa shape index (κ1) is 27.7. The molecule has 0 amide bonds. The van der Waals surface area contributed by atoms with E-state index < -0.39 is 6.10 Å². The lowest BCUT2D eigenvalue weighted by molar-refractivity contribution is 0.106. The van der Waals surface area contributed by atoms with Crippen LogP contribution in [0.5, 0.6) is 28.7 Å². The number of aliphatic hydroxyl groups excluding tert-OH is 1. The van der Waals surface area contributed by atoms with Gasteiger partial charge in [-0.2, -0.15) is 0 Å². The number of benzene rings is 5. The third kappa shape index (κ3) is 4.86. The van der Waals surface area contributed by atoms with Crippen molar-refractivity contribution in [3.8, 4) is 28.7 Å². The second kappa shape index (κ2) is 10.8. The average Bonchev–Trinajstić information content (AvgIpc) is 2.98. The van der Waals surface area contributed by atoms with E-state index in [4.69, 9.17) is 18.9 Å². The summed E-state index contributed by atoms with van der Waals surface area (Å²) in [5.74, 6) is 2.89. The molecule has 1 heterocycles. The minimum absolute atomic E-state index is 0.177. The van der Waals surface area contributed by atoms with E-state index in [1.54, 1.807) is 27.4 Å². The molecule has 1 aliphatic rings. The molecule has 5 aromatic carbocycles. The highest BCUT2D eigenvalue weighted by atomic mass is 16.5. The van der Waals surface area contributed by atoms with Crippen molar-refractivity contribution >= 4 is 21.5 Å². The first-order valence-corrected chi connectivity index (χ1v) is 14.2. The Morgan fingerprint density at radius 2 is 1.60 bits per heavy atom. The first-order chi connectivity index (χ1) is 20.2. The Hall–Kier alpha value is -4.42. The maximum Gasteiger partial charge on any atom is 0.130 e. The summed E-state index contributed by atoms with van der Waals surface area (Å²) in [4.78, 5) is 0. The minimum atomic E-state index is -0.933. The van der Waals surface area contributed by atoms with Crippen LogP contribution in [0, 0.1) is 0 Å². The van der Waals surface area contributed by atoms with Crippen molar-refractivity contribution in [3.63, 3.8) is 0 Å². The molecule has 0 aliphatic carbocycles. The third-order valence-corrected chi connectivity index (χ3v) is 8.25. The summed E-state index contributed by atoms with van der Waals surface area (Å²) in [5.41, 5.74) is 4.28. The summed E-state index contributed by atoms with van der Waals surface area (Å²) in [7, 11) is 4.84. The van der Waals surface area contributed by atoms with Crippen LogP contribution in [0.4, 0.5) is 0 Å². The van der Waals surface area contributed by atoms with Crippen LogP contribution in [0.2, 0.25) is 0 Å². The number of hydrogen-bond acceptors (Lipinski definition) is 6. The minimum Gasteiger partial charge on any atom is -0.507 e. The van der Waals surface area contributed by atoms with Crippen LogP contribution < -0.4 is 18.9 Å². The predicted octanol–water partition coefficient (Wildman–Crippen LogP) is 7.30. The molecule has 0 saturated carbocycles. The van der Waals surface area contributed by atoms with E-state index in [2.05, 4.69) is 26.0 Å². The number of aryl methyl sites for hydroxylation is 1. The average molecular weight is 565 g/mol. The predicted molar refractivity (Wildman–Crippen MR) is 166 cm³/mol. The number of methoxy groups -OCH3 is 3. The molecule has 6 rings (SSSR count). The molecular formula is C36H36O6. The van der Waals surface area contributed by atoms with Gasteiger partial charge in [-0.15, -0.1) is 0 Å². The van der Waals surface area contributed by atoms with Crippen LogP contribution in [0.15, 0.2) is 72.8 Å². The zero-order valence-corrected chi connectivity index (χ0v) is 24.7. The second-order valence-electron chi connectivity index (χ2n) is 11.5. The molecule has 0 radical (unpaired) electrons. The van der Waals surface area contributed by atoms with Gasteiger partial charge in [-0.3, -0.25) is 0 Å². The number of aliphatic hydroxyl groups is 1. The van der Waals surface area contributed by atoms with Gasteiger partial charge in [-0.25, -0.2) is 0 Å². The van der Waals surface area contributed by atoms with Crippen LogP contribution in [-0.4, -0.2) is 37.1 Å². The van der Waals surface area contributed by atoms with Gasteiger partial charge in [0.25, 0.3) is 0 Å². The Kier molecular flexibility index (Phi) is 7.11. The van der Waals surface area contributed by atoms with Gasteiger partial charge in [0.1, 0.15) is 40.5 Å². The van der Waals surface area contributed by atoms with Crippen LogP contribution in [0.3, 0.4) is 0 Å². The van der Waals surface area contributed by atoms with Crippen molar-refractivity contribution in [1.82, 2.24) is 0 Å². The van der Waals surface area contributed by atoms with Crippen molar-refractivity contribution in [3.05, 3.63) is 101 Å². The number of phenols is 1. The number of rotatable bonds is 8. The number of hydrogen-bond donors (Lipinski definition) is 2. The molecule has 1 aliphatic heterocycles. The molecule has 216 valence electrons. The maximum absolute atomic E-state index is 12.0. The SMILES string of the molecule is COc1cc(OC)c(CCc2cc(O)c3c(OC)cccc3c2)c(C(O)c2ccc3c4c(cccc24)OC(C)(C)C3)c1. The van der Waals surface area contributed by atoms with Gasteiger partial charge < -0.3 is 29.2 Å². The summed E-state index contributed by atoms with van der Waals surface area (Å²) in [6, 6.07) is 23.5. The van der Waals surface area contributed by atoms with E-state index in [0.717, 1.165) is 50.6 Å². The van der Waals surface area contributed by atoms with Crippen molar-refractivity contribution in [2.45, 2.75) is 44.8 Å². The number of ether oxygens (including phenoxy) is 4. The molecule has 0 aromatic heterocycles. The first-order valence-electron chi connectivity index (χ1n) is 14.2. The van der Waals surface area contributed by atoms with E-state index in [1.165, 1.54) is 5.56 Å². The summed E-state index contributed by atoms with van der Waals surface area (Å²) < 4.78 is 23.2. The second-order valence-corrected chi connectivity index (χ2v) is 11.5. The topological polar surface area (TPSA) is 77.4 Å². The van der Waals surface area contributed by atoms with Crippen molar-refractivity contribution in [2.75, 3.05) is 21.3 Å². The normalized spacial score (nSPS) is 14.4. The number of fused-ring (bicyclic) bond motifs is 1. The summed E-state index contributed by atoms with van der Waals surface area (Å²) in [6.45, 7) is 4.19. The lowest BCUT2D eigenvalue weighted by atomic mass is 9.85. The van der Waals surface area contributed by atoms with Gasteiger partial charge in [0.2, 0.25) is 0 Å². The summed E-state index contributed by atoms with van der Waals surface area (Å²) in [6.07, 6.45) is 1.06. The molecule has 0 spiro atoms. The fourth-order valence-electron chi connectivity index (χ4n) is 6.36. The highest BCUT2D eigenvalue weighted by Crippen LogP contribution is 2.44. The van der Waals surface area contributed by atoms with E-state index in [-0.39, 0.29) is 11.4 Å². The molecule has 0 fully saturated rings. The van der Waals surface area contributed by atoms with Crippen molar-refractivity contribution < 1.29 is 29.2 Å². The zero-order chi connectivity index (χ0) is 29.6. The van der Waals surface area contributed by atoms with Crippen LogP contribution in [0.25, 0.3) is 21.5 Å². The Labute approximate surface area is 246 Å². The molecule has 42 heavy (non-hydrogen) atoms. The zero-order valence-electron chi connectivity index (χ0n) is 24.7. The Morgan fingerprint density at radius 3 is 2.36 bits per heavy atom. The van der Waals surface area contributed by atoms with Gasteiger partial charge in [-0.05, 0) is 84.0 Å². The monoisotopic (exact) mass is 564 g/mol. The van der Waals surface area contributed by atoms with Crippen LogP contribution in [-0.2, 0) is 19.3 Å². The lowest BCUT2D eigenvalue weighted by Gasteiger charge is -2.33. The van der Waals surface area contributed by atoms with E-state index in [0.29, 0.717) is 35.5 Å². The van der Waals surface area contributed by atoms with Gasteiger partial charge in [0.05, 0.1) is 26.7 Å². The van der Waals surface area contributed by atoms with Gasteiger partial charge in [-0.1, -0.05) is 42.5 Å². The van der Waals surface area contributed by atoms with E-state index in [1.807, 2.05) is 54.6 Å². The smallest absolute Gasteiger partial charge is 0.130 e. The fourth-order valence-corrected chi connectivity index (χ4v) is 6.36. The number of phenolic OH excluding ortho intramolecular Hbond substituents is 1. The molecule has 0 bridgehead atoms. The van der Waals surface area contributed by atoms with Gasteiger partial charge in [0.15, 0.2) is 0 Å². The maximum atomic E-state index is 12.0. The summed E-state index contributed by atoms with van der Waals surface area (Å²) >= 11 is 0. The Balaban J connectivity index is 1.42. The standard InChI is InChI=1S/C36H36O6/c1-36(2)20-23-13-15-27(26-9-7-11-31(42-36)33(23)26)35(38)28-18-24(39-3)19-32(41-5)25(28)14-12-21-16-22-8-6-10-30(40-4)34(22)29(37)17-21/h6-11,13,15-19,35,37-38H,12,14,20H2,1-5H3. The van der Waals surface area contributed by atoms with Crippen LogP contribution in [0.1, 0.15) is 47.8 Å². The molecule has 6 nitrogen and oxygen atoms in total. The Bertz CT molecular complexity index is 1790. The van der Waals surface area contributed by atoms with Crippen molar-refractivity contribution in [1.29, 1.82) is 0 Å². The molecule has 5 aromatic rings. The van der Waals surface area contributed by atoms with E-state index >= 15 is 0 Å². The summed E-state index contributed by atoms with van der Waals surface area (Å²) in [5, 5.41) is 26.5. The van der Waals surface area contributed by atoms with Gasteiger partial charge in [0, 0.05) is 23.4 Å². The molecule has 6 heteroatoms. The quantitative estimate of drug-likeness (QED) is 0.206. The van der Waals surface area contributed by atoms with Gasteiger partial charge >= 0.3 is 0 Å². The van der Waals surface area contributed by atoms with Crippen LogP contribution >= 0.6 is 0 Å². The molecular weight excluding hydrogens is 528 g/mol. The Morgan fingerprint density at radius 1 is 0.810 bits per heavy atom. The third-order valence-electron chi connectivity index (χ3n) is 8.25. The highest BCUT2D eigenvalue weighted by molar-refractivity contribution is 5.95. The fraction of sp³-hybridized carbons (Fsp3) is 0.278. The molecule has 1 unspecified atom stereocenters. The highest BCUT2D eigenvalue weighted by Gasteiger charge is 2.30. The van der Waals surface area contributed by atoms with Crippen molar-refractivity contribution in [2.24, 2.45) is 0 Å². The molecule has 2 N–H and O–H groups in total. The van der Waals surface area contributed by atoms with E-state index in [9.17, 15) is 10.2 Å². The molecule has 0 saturated heterocycles. The lowest BCUT2D eigenvalue weighted by Crippen LogP contribution is -2.33. The largest absolute Gasteiger partial charge is 0.507 e.